The maximum Gasteiger partial charge on any atom is 0.331 e. The molecular formula is C28H26N2O6. The Kier molecular flexibility index (Phi) is 9.06. The van der Waals surface area contributed by atoms with E-state index in [0.717, 1.165) is 5.56 Å². The van der Waals surface area contributed by atoms with Gasteiger partial charge < -0.3 is 24.3 Å². The predicted octanol–water partition coefficient (Wildman–Crippen LogP) is 4.85. The Labute approximate surface area is 209 Å². The number of nitrogens with zero attached hydrogens (tertiary/aromatic N) is 1. The molecule has 0 saturated carbocycles. The highest BCUT2D eigenvalue weighted by molar-refractivity contribution is 5.98. The van der Waals surface area contributed by atoms with Crippen LogP contribution in [0, 0.1) is 18.3 Å². The minimum atomic E-state index is -1.19. The number of amides is 1. The third-order valence-corrected chi connectivity index (χ3v) is 5.08. The largest absolute Gasteiger partial charge is 0.495 e. The van der Waals surface area contributed by atoms with Gasteiger partial charge in [-0.1, -0.05) is 42.5 Å². The summed E-state index contributed by atoms with van der Waals surface area (Å²) in [6.45, 7) is 1.78. The van der Waals surface area contributed by atoms with Gasteiger partial charge in [-0.3, -0.25) is 4.79 Å². The number of methoxy groups -OCH3 is 2. The summed E-state index contributed by atoms with van der Waals surface area (Å²) in [4.78, 5) is 25.9. The number of rotatable bonds is 10. The number of esters is 1. The van der Waals surface area contributed by atoms with E-state index in [4.69, 9.17) is 24.2 Å². The molecule has 8 nitrogen and oxygen atoms in total. The minimum absolute atomic E-state index is 0.116. The lowest BCUT2D eigenvalue weighted by Crippen LogP contribution is -2.25. The topological polar surface area (TPSA) is 107 Å². The van der Waals surface area contributed by atoms with Crippen molar-refractivity contribution >= 4 is 23.6 Å². The lowest BCUT2D eigenvalue weighted by atomic mass is 10.1. The van der Waals surface area contributed by atoms with Crippen molar-refractivity contribution in [2.45, 2.75) is 13.0 Å². The van der Waals surface area contributed by atoms with E-state index in [0.29, 0.717) is 34.1 Å². The Balaban J connectivity index is 1.78. The van der Waals surface area contributed by atoms with Crippen molar-refractivity contribution in [1.29, 1.82) is 5.26 Å². The Morgan fingerprint density at radius 1 is 0.972 bits per heavy atom. The van der Waals surface area contributed by atoms with Crippen LogP contribution in [0.2, 0.25) is 0 Å². The van der Waals surface area contributed by atoms with Crippen molar-refractivity contribution in [3.05, 3.63) is 89.5 Å². The van der Waals surface area contributed by atoms with Crippen LogP contribution in [0.1, 0.15) is 22.8 Å². The zero-order valence-corrected chi connectivity index (χ0v) is 20.2. The molecule has 0 saturated heterocycles. The number of ether oxygens (including phenoxy) is 4. The fourth-order valence-corrected chi connectivity index (χ4v) is 3.36. The highest BCUT2D eigenvalue weighted by Gasteiger charge is 2.25. The van der Waals surface area contributed by atoms with Gasteiger partial charge in [-0.05, 0) is 48.4 Å². The molecule has 0 aliphatic rings. The molecule has 0 radical (unpaired) electrons. The van der Waals surface area contributed by atoms with E-state index < -0.39 is 18.0 Å². The zero-order chi connectivity index (χ0) is 25.9. The number of carbonyl (C=O) groups is 2. The van der Waals surface area contributed by atoms with Gasteiger partial charge in [0.15, 0.2) is 18.1 Å². The zero-order valence-electron chi connectivity index (χ0n) is 20.2. The van der Waals surface area contributed by atoms with Gasteiger partial charge in [-0.2, -0.15) is 5.26 Å². The van der Waals surface area contributed by atoms with Crippen LogP contribution in [0.4, 0.5) is 5.69 Å². The third-order valence-electron chi connectivity index (χ3n) is 5.08. The summed E-state index contributed by atoms with van der Waals surface area (Å²) < 4.78 is 21.5. The molecule has 1 unspecified atom stereocenters. The van der Waals surface area contributed by atoms with Crippen molar-refractivity contribution in [3.63, 3.8) is 0 Å². The third kappa shape index (κ3) is 6.87. The van der Waals surface area contributed by atoms with Crippen LogP contribution in [0.25, 0.3) is 6.08 Å². The molecule has 0 aromatic heterocycles. The fourth-order valence-electron chi connectivity index (χ4n) is 3.36. The van der Waals surface area contributed by atoms with Crippen molar-refractivity contribution in [2.24, 2.45) is 0 Å². The second kappa shape index (κ2) is 12.6. The molecule has 3 rings (SSSR count). The molecule has 1 amide bonds. The van der Waals surface area contributed by atoms with Crippen molar-refractivity contribution < 1.29 is 28.5 Å². The predicted molar refractivity (Wildman–Crippen MR) is 135 cm³/mol. The smallest absolute Gasteiger partial charge is 0.331 e. The molecule has 0 fully saturated rings. The number of carbonyl (C=O) groups excluding carboxylic acids is 2. The molecule has 1 N–H and O–H groups in total. The fraction of sp³-hybridized carbons (Fsp3) is 0.179. The van der Waals surface area contributed by atoms with Crippen LogP contribution in [-0.4, -0.2) is 32.7 Å². The number of anilines is 1. The summed E-state index contributed by atoms with van der Waals surface area (Å²) in [5.41, 5.74) is 2.56. The molecule has 3 aromatic carbocycles. The first-order valence-corrected chi connectivity index (χ1v) is 11.0. The maximum absolute atomic E-state index is 13.2. The Morgan fingerprint density at radius 2 is 1.69 bits per heavy atom. The number of nitrogens with one attached hydrogen (secondary N) is 1. The minimum Gasteiger partial charge on any atom is -0.495 e. The monoisotopic (exact) mass is 486 g/mol. The van der Waals surface area contributed by atoms with Crippen LogP contribution >= 0.6 is 0 Å². The van der Waals surface area contributed by atoms with Crippen molar-refractivity contribution in [2.75, 3.05) is 26.1 Å². The molecule has 36 heavy (non-hydrogen) atoms. The number of aryl methyl sites for hydroxylation is 1. The average molecular weight is 487 g/mol. The molecule has 1 atom stereocenters. The molecule has 0 spiro atoms. The summed E-state index contributed by atoms with van der Waals surface area (Å²) in [7, 11) is 2.99. The van der Waals surface area contributed by atoms with Gasteiger partial charge in [0, 0.05) is 11.6 Å². The summed E-state index contributed by atoms with van der Waals surface area (Å²) in [5.74, 6) is 0.0789. The molecule has 8 heteroatoms. The molecule has 0 aliphatic heterocycles. The van der Waals surface area contributed by atoms with E-state index in [2.05, 4.69) is 5.32 Å². The van der Waals surface area contributed by atoms with Crippen LogP contribution in [0.3, 0.4) is 0 Å². The standard InChI is InChI=1S/C28H26N2O6/c1-19-9-12-23(33-2)22(17-19)30-28(32)27(21-7-5-4-6-8-21)36-26(31)14-11-20-10-13-24(35-16-15-29)25(18-20)34-3/h4-14,17-18,27H,16H2,1-3H3,(H,30,32)/b14-11+. The van der Waals surface area contributed by atoms with E-state index in [1.165, 1.54) is 26.4 Å². The normalized spacial score (nSPS) is 11.3. The van der Waals surface area contributed by atoms with Gasteiger partial charge in [0.1, 0.15) is 11.8 Å². The first kappa shape index (κ1) is 25.8. The van der Waals surface area contributed by atoms with E-state index in [-0.39, 0.29) is 6.61 Å². The summed E-state index contributed by atoms with van der Waals surface area (Å²) in [5, 5.41) is 11.5. The number of benzene rings is 3. The van der Waals surface area contributed by atoms with Crippen molar-refractivity contribution in [3.8, 4) is 23.3 Å². The molecule has 0 bridgehead atoms. The van der Waals surface area contributed by atoms with E-state index in [1.807, 2.05) is 19.1 Å². The van der Waals surface area contributed by atoms with Gasteiger partial charge in [-0.25, -0.2) is 4.79 Å². The summed E-state index contributed by atoms with van der Waals surface area (Å²) in [6.07, 6.45) is 1.56. The maximum atomic E-state index is 13.2. The summed E-state index contributed by atoms with van der Waals surface area (Å²) >= 11 is 0. The SMILES string of the molecule is COc1ccc(C)cc1NC(=O)C(OC(=O)/C=C/c1ccc(OCC#N)c(OC)c1)c1ccccc1. The molecular weight excluding hydrogens is 460 g/mol. The van der Waals surface area contributed by atoms with Crippen LogP contribution in [0.5, 0.6) is 17.2 Å². The van der Waals surface area contributed by atoms with Gasteiger partial charge in [0.25, 0.3) is 5.91 Å². The Bertz CT molecular complexity index is 1280. The highest BCUT2D eigenvalue weighted by atomic mass is 16.5. The molecule has 184 valence electrons. The van der Waals surface area contributed by atoms with Crippen LogP contribution in [-0.2, 0) is 14.3 Å². The number of hydrogen-bond donors (Lipinski definition) is 1. The number of nitriles is 1. The van der Waals surface area contributed by atoms with Gasteiger partial charge in [0.2, 0.25) is 6.10 Å². The number of hydrogen-bond acceptors (Lipinski definition) is 7. The molecule has 0 aliphatic carbocycles. The Hall–Kier alpha value is -4.77. The second-order valence-electron chi connectivity index (χ2n) is 7.61. The first-order chi connectivity index (χ1) is 17.4. The van der Waals surface area contributed by atoms with Crippen molar-refractivity contribution in [1.82, 2.24) is 0 Å². The first-order valence-electron chi connectivity index (χ1n) is 11.0. The van der Waals surface area contributed by atoms with Gasteiger partial charge >= 0.3 is 5.97 Å². The lowest BCUT2D eigenvalue weighted by molar-refractivity contribution is -0.149. The average Bonchev–Trinajstić information content (AvgIpc) is 2.90. The van der Waals surface area contributed by atoms with Crippen LogP contribution < -0.4 is 19.5 Å². The second-order valence-corrected chi connectivity index (χ2v) is 7.61. The van der Waals surface area contributed by atoms with Gasteiger partial charge in [0.05, 0.1) is 19.9 Å². The Morgan fingerprint density at radius 3 is 2.39 bits per heavy atom. The van der Waals surface area contributed by atoms with E-state index in [1.54, 1.807) is 60.7 Å². The highest BCUT2D eigenvalue weighted by Crippen LogP contribution is 2.29. The van der Waals surface area contributed by atoms with E-state index >= 15 is 0 Å². The van der Waals surface area contributed by atoms with Gasteiger partial charge in [-0.15, -0.1) is 0 Å². The quantitative estimate of drug-likeness (QED) is 0.322. The molecule has 0 heterocycles. The summed E-state index contributed by atoms with van der Waals surface area (Å²) in [6, 6.07) is 21.0. The van der Waals surface area contributed by atoms with E-state index in [9.17, 15) is 9.59 Å². The molecule has 3 aromatic rings. The van der Waals surface area contributed by atoms with Crippen LogP contribution in [0.15, 0.2) is 72.8 Å². The lowest BCUT2D eigenvalue weighted by Gasteiger charge is -2.18.